The van der Waals surface area contributed by atoms with Gasteiger partial charge >= 0.3 is 0 Å². The average Bonchev–Trinajstić information content (AvgIpc) is 2.85. The summed E-state index contributed by atoms with van der Waals surface area (Å²) < 4.78 is 1.90. The fraction of sp³-hybridized carbons (Fsp3) is 0.471. The van der Waals surface area contributed by atoms with Gasteiger partial charge in [0.05, 0.1) is 12.2 Å². The maximum atomic E-state index is 10.7. The molecule has 1 aromatic carbocycles. The summed E-state index contributed by atoms with van der Waals surface area (Å²) in [5, 5.41) is 19.3. The first kappa shape index (κ1) is 16.9. The van der Waals surface area contributed by atoms with E-state index in [-0.39, 0.29) is 11.0 Å². The molecule has 2 aromatic rings. The largest absolute Gasteiger partial charge is 0.493 e. The molecule has 1 aliphatic heterocycles. The number of fused-ring (bicyclic) bond motifs is 1. The van der Waals surface area contributed by atoms with Crippen LogP contribution in [0.3, 0.4) is 0 Å². The quantitative estimate of drug-likeness (QED) is 0.651. The van der Waals surface area contributed by atoms with Crippen LogP contribution < -0.4 is 5.73 Å². The fourth-order valence-corrected chi connectivity index (χ4v) is 3.54. The molecule has 0 amide bonds. The summed E-state index contributed by atoms with van der Waals surface area (Å²) in [6.45, 7) is 3.92. The van der Waals surface area contributed by atoms with E-state index in [0.717, 1.165) is 23.9 Å². The zero-order valence-electron chi connectivity index (χ0n) is 13.9. The van der Waals surface area contributed by atoms with E-state index in [4.69, 9.17) is 18.0 Å². The van der Waals surface area contributed by atoms with Gasteiger partial charge in [-0.2, -0.15) is 0 Å². The van der Waals surface area contributed by atoms with Gasteiger partial charge in [-0.15, -0.1) is 10.2 Å². The predicted molar refractivity (Wildman–Crippen MR) is 99.5 cm³/mol. The van der Waals surface area contributed by atoms with Crippen molar-refractivity contribution in [3.8, 4) is 5.88 Å². The first-order chi connectivity index (χ1) is 11.6. The number of hydrogen-bond donors (Lipinski definition) is 2. The first-order valence-electron chi connectivity index (χ1n) is 8.37. The van der Waals surface area contributed by atoms with Crippen molar-refractivity contribution in [2.24, 2.45) is 16.0 Å². The van der Waals surface area contributed by atoms with E-state index in [1.165, 1.54) is 19.3 Å². The van der Waals surface area contributed by atoms with Crippen molar-refractivity contribution >= 4 is 33.9 Å². The van der Waals surface area contributed by atoms with Crippen LogP contribution in [0.1, 0.15) is 32.6 Å². The topological polar surface area (TPSA) is 79.1 Å². The number of para-hydroxylation sites is 1. The highest BCUT2D eigenvalue weighted by Gasteiger charge is 2.24. The van der Waals surface area contributed by atoms with Gasteiger partial charge in [-0.25, -0.2) is 0 Å². The molecule has 3 N–H and O–H groups in total. The van der Waals surface area contributed by atoms with E-state index in [0.29, 0.717) is 18.4 Å². The van der Waals surface area contributed by atoms with Gasteiger partial charge in [-0.3, -0.25) is 9.47 Å². The Morgan fingerprint density at radius 1 is 1.38 bits per heavy atom. The molecular formula is C17H23N5OS. The molecule has 0 radical (unpaired) electrons. The molecule has 1 saturated heterocycles. The van der Waals surface area contributed by atoms with E-state index in [1.54, 1.807) is 0 Å². The van der Waals surface area contributed by atoms with Crippen LogP contribution in [0.2, 0.25) is 0 Å². The Balaban J connectivity index is 2.01. The second-order valence-electron chi connectivity index (χ2n) is 6.17. The molecule has 1 aliphatic rings. The van der Waals surface area contributed by atoms with Crippen LogP contribution in [0.4, 0.5) is 5.69 Å². The lowest BCUT2D eigenvalue weighted by Crippen LogP contribution is -2.40. The van der Waals surface area contributed by atoms with Crippen LogP contribution in [0.25, 0.3) is 10.9 Å². The third kappa shape index (κ3) is 3.27. The molecular weight excluding hydrogens is 322 g/mol. The molecule has 1 fully saturated rings. The molecule has 1 aromatic heterocycles. The normalized spacial score (nSPS) is 19.3. The Morgan fingerprint density at radius 3 is 2.92 bits per heavy atom. The number of nitrogens with two attached hydrogens (primary N) is 1. The molecule has 7 heteroatoms. The van der Waals surface area contributed by atoms with Gasteiger partial charge < -0.3 is 10.8 Å². The zero-order chi connectivity index (χ0) is 17.1. The second-order valence-corrected chi connectivity index (χ2v) is 6.59. The molecule has 3 rings (SSSR count). The van der Waals surface area contributed by atoms with Crippen molar-refractivity contribution in [3.05, 3.63) is 24.3 Å². The zero-order valence-corrected chi connectivity index (χ0v) is 14.7. The highest BCUT2D eigenvalue weighted by Crippen LogP contribution is 2.39. The lowest BCUT2D eigenvalue weighted by Gasteiger charge is -2.35. The Labute approximate surface area is 147 Å². The van der Waals surface area contributed by atoms with Crippen molar-refractivity contribution in [2.75, 3.05) is 6.54 Å². The van der Waals surface area contributed by atoms with E-state index in [2.05, 4.69) is 22.1 Å². The highest BCUT2D eigenvalue weighted by molar-refractivity contribution is 7.80. The standard InChI is InChI=1S/C17H23N5OS/c1-2-12-7-5-6-10-21(12)11-22-14-9-4-3-8-13(14)15(16(22)23)19-20-17(18)24/h3-4,8-9,12,23H,2,5-7,10-11H2,1H3,(H2,18,24). The molecule has 128 valence electrons. The summed E-state index contributed by atoms with van der Waals surface area (Å²) in [4.78, 5) is 2.43. The number of benzene rings is 1. The van der Waals surface area contributed by atoms with Gasteiger partial charge in [0.1, 0.15) is 0 Å². The second kappa shape index (κ2) is 7.27. The molecule has 1 atom stereocenters. The molecule has 0 saturated carbocycles. The SMILES string of the molecule is CCC1CCCCN1Cn1c(O)c(N=NC(N)=S)c2ccccc21. The minimum atomic E-state index is -0.0479. The first-order valence-corrected chi connectivity index (χ1v) is 8.78. The van der Waals surface area contributed by atoms with E-state index >= 15 is 0 Å². The van der Waals surface area contributed by atoms with Crippen LogP contribution in [-0.4, -0.2) is 32.3 Å². The maximum absolute atomic E-state index is 10.7. The molecule has 0 spiro atoms. The van der Waals surface area contributed by atoms with Gasteiger partial charge in [-0.05, 0) is 37.5 Å². The number of nitrogens with zero attached hydrogens (tertiary/aromatic N) is 4. The van der Waals surface area contributed by atoms with Crippen molar-refractivity contribution in [3.63, 3.8) is 0 Å². The summed E-state index contributed by atoms with van der Waals surface area (Å²) in [6, 6.07) is 8.34. The van der Waals surface area contributed by atoms with Gasteiger partial charge in [0.2, 0.25) is 11.0 Å². The van der Waals surface area contributed by atoms with Gasteiger partial charge in [0, 0.05) is 18.0 Å². The highest BCUT2D eigenvalue weighted by atomic mass is 32.1. The molecule has 2 heterocycles. The van der Waals surface area contributed by atoms with Crippen LogP contribution in [0.5, 0.6) is 5.88 Å². The molecule has 1 unspecified atom stereocenters. The lowest BCUT2D eigenvalue weighted by atomic mass is 10.0. The Morgan fingerprint density at radius 2 is 2.17 bits per heavy atom. The number of thiocarbonyl (C=S) groups is 1. The summed E-state index contributed by atoms with van der Waals surface area (Å²) >= 11 is 4.75. The van der Waals surface area contributed by atoms with Gasteiger partial charge in [0.15, 0.2) is 5.69 Å². The Kier molecular flexibility index (Phi) is 5.11. The molecule has 24 heavy (non-hydrogen) atoms. The maximum Gasteiger partial charge on any atom is 0.221 e. The van der Waals surface area contributed by atoms with Crippen molar-refractivity contribution in [2.45, 2.75) is 45.3 Å². The van der Waals surface area contributed by atoms with E-state index in [9.17, 15) is 5.11 Å². The average molecular weight is 345 g/mol. The Hall–Kier alpha value is -1.99. The molecule has 6 nitrogen and oxygen atoms in total. The Bertz CT molecular complexity index is 770. The third-order valence-electron chi connectivity index (χ3n) is 4.71. The van der Waals surface area contributed by atoms with Gasteiger partial charge in [-0.1, -0.05) is 31.5 Å². The van der Waals surface area contributed by atoms with Crippen molar-refractivity contribution < 1.29 is 5.11 Å². The molecule has 0 bridgehead atoms. The van der Waals surface area contributed by atoms with Crippen LogP contribution in [0, 0.1) is 0 Å². The van der Waals surface area contributed by atoms with E-state index in [1.807, 2.05) is 28.8 Å². The predicted octanol–water partition coefficient (Wildman–Crippen LogP) is 3.90. The number of aromatic hydroxyl groups is 1. The number of azo groups is 1. The fourth-order valence-electron chi connectivity index (χ4n) is 3.50. The monoisotopic (exact) mass is 345 g/mol. The van der Waals surface area contributed by atoms with Crippen molar-refractivity contribution in [1.82, 2.24) is 9.47 Å². The summed E-state index contributed by atoms with van der Waals surface area (Å²) in [5.41, 5.74) is 6.76. The lowest BCUT2D eigenvalue weighted by molar-refractivity contribution is 0.106. The minimum absolute atomic E-state index is 0.0479. The number of aromatic nitrogens is 1. The number of likely N-dealkylation sites (tertiary alicyclic amines) is 1. The number of rotatable bonds is 4. The van der Waals surface area contributed by atoms with Gasteiger partial charge in [0.25, 0.3) is 0 Å². The van der Waals surface area contributed by atoms with Crippen LogP contribution in [-0.2, 0) is 6.67 Å². The van der Waals surface area contributed by atoms with Crippen molar-refractivity contribution in [1.29, 1.82) is 0 Å². The van der Waals surface area contributed by atoms with Crippen LogP contribution >= 0.6 is 12.2 Å². The van der Waals surface area contributed by atoms with E-state index < -0.39 is 0 Å². The number of hydrogen-bond acceptors (Lipinski definition) is 4. The summed E-state index contributed by atoms with van der Waals surface area (Å²) in [5.74, 6) is 0.108. The smallest absolute Gasteiger partial charge is 0.221 e. The van der Waals surface area contributed by atoms with Crippen LogP contribution in [0.15, 0.2) is 34.5 Å². The summed E-state index contributed by atoms with van der Waals surface area (Å²) in [7, 11) is 0. The number of piperidine rings is 1. The minimum Gasteiger partial charge on any atom is -0.493 e. The summed E-state index contributed by atoms with van der Waals surface area (Å²) in [6.07, 6.45) is 4.81. The third-order valence-corrected chi connectivity index (χ3v) is 4.79. The molecule has 0 aliphatic carbocycles.